The zero-order valence-corrected chi connectivity index (χ0v) is 26.4. The minimum atomic E-state index is 0.828. The number of nitrogens with zero attached hydrogens (tertiary/aromatic N) is 2. The van der Waals surface area contributed by atoms with E-state index in [0.717, 1.165) is 66.4 Å². The van der Waals surface area contributed by atoms with E-state index in [2.05, 4.69) is 156 Å². The number of fused-ring (bicyclic) bond motifs is 12. The molecule has 48 heavy (non-hydrogen) atoms. The maximum atomic E-state index is 6.51. The van der Waals surface area contributed by atoms with Crippen LogP contribution in [-0.2, 0) is 0 Å². The predicted molar refractivity (Wildman–Crippen MR) is 199 cm³/mol. The van der Waals surface area contributed by atoms with Gasteiger partial charge in [-0.3, -0.25) is 0 Å². The van der Waals surface area contributed by atoms with E-state index in [9.17, 15) is 0 Å². The van der Waals surface area contributed by atoms with E-state index in [1.54, 1.807) is 0 Å². The summed E-state index contributed by atoms with van der Waals surface area (Å²) in [7, 11) is 0. The molecule has 0 aliphatic heterocycles. The Morgan fingerprint density at radius 1 is 0.333 bits per heavy atom. The Bertz CT molecular complexity index is 2830. The lowest BCUT2D eigenvalue weighted by Gasteiger charge is -2.11. The van der Waals surface area contributed by atoms with Gasteiger partial charge in [-0.15, -0.1) is 0 Å². The zero-order valence-electron chi connectivity index (χ0n) is 26.4. The molecule has 0 amide bonds. The molecule has 4 nitrogen and oxygen atoms in total. The average Bonchev–Trinajstić information content (AvgIpc) is 3.83. The quantitative estimate of drug-likeness (QED) is 0.194. The van der Waals surface area contributed by atoms with Crippen molar-refractivity contribution in [2.75, 3.05) is 0 Å². The van der Waals surface area contributed by atoms with Crippen molar-refractivity contribution in [1.82, 2.24) is 9.13 Å². The molecule has 226 valence electrons. The van der Waals surface area contributed by atoms with Crippen molar-refractivity contribution in [2.45, 2.75) is 13.8 Å². The average molecular weight is 617 g/mol. The summed E-state index contributed by atoms with van der Waals surface area (Å²) in [4.78, 5) is 0. The van der Waals surface area contributed by atoms with Gasteiger partial charge in [-0.25, -0.2) is 0 Å². The van der Waals surface area contributed by atoms with Gasteiger partial charge in [0.25, 0.3) is 0 Å². The van der Waals surface area contributed by atoms with E-state index in [0.29, 0.717) is 0 Å². The molecule has 0 radical (unpaired) electrons. The molecular formula is C44H28N2O2. The van der Waals surface area contributed by atoms with Crippen molar-refractivity contribution in [2.24, 2.45) is 0 Å². The van der Waals surface area contributed by atoms with Crippen molar-refractivity contribution in [3.05, 3.63) is 145 Å². The number of aryl methyl sites for hydroxylation is 2. The lowest BCUT2D eigenvalue weighted by molar-refractivity contribution is 0.656. The molecule has 7 aromatic carbocycles. The Balaban J connectivity index is 1.18. The Hall–Kier alpha value is -6.26. The van der Waals surface area contributed by atoms with Gasteiger partial charge in [0.15, 0.2) is 0 Å². The molecule has 0 fully saturated rings. The van der Waals surface area contributed by atoms with Gasteiger partial charge in [0.2, 0.25) is 0 Å². The predicted octanol–water partition coefficient (Wildman–Crippen LogP) is 12.3. The highest BCUT2D eigenvalue weighted by Gasteiger charge is 2.20. The first kappa shape index (κ1) is 25.9. The zero-order chi connectivity index (χ0) is 31.7. The highest BCUT2D eigenvalue weighted by Crippen LogP contribution is 2.42. The maximum Gasteiger partial charge on any atom is 0.139 e. The molecule has 0 unspecified atom stereocenters. The van der Waals surface area contributed by atoms with Crippen LogP contribution in [0.2, 0.25) is 0 Å². The third-order valence-electron chi connectivity index (χ3n) is 10.3. The summed E-state index contributed by atoms with van der Waals surface area (Å²) in [5.74, 6) is 0. The van der Waals surface area contributed by atoms with Crippen LogP contribution in [0.4, 0.5) is 0 Å². The molecule has 0 saturated carbocycles. The van der Waals surface area contributed by atoms with Crippen molar-refractivity contribution >= 4 is 87.5 Å². The first-order valence-electron chi connectivity index (χ1n) is 16.4. The van der Waals surface area contributed by atoms with Crippen LogP contribution < -0.4 is 0 Å². The topological polar surface area (TPSA) is 36.1 Å². The third kappa shape index (κ3) is 3.33. The minimum absolute atomic E-state index is 0.828. The molecule has 0 saturated heterocycles. The molecule has 0 aliphatic rings. The second-order valence-corrected chi connectivity index (χ2v) is 13.1. The van der Waals surface area contributed by atoms with Gasteiger partial charge in [-0.05, 0) is 79.6 Å². The summed E-state index contributed by atoms with van der Waals surface area (Å²) in [6, 6.07) is 47.9. The number of rotatable bonds is 2. The van der Waals surface area contributed by atoms with Crippen molar-refractivity contribution in [1.29, 1.82) is 0 Å². The Morgan fingerprint density at radius 2 is 0.646 bits per heavy atom. The SMILES string of the molecule is Cc1cc2oc3cc4oc5cc(C)c(-n6c7ccccc7c7ccccc76)cc5c4cc3c2cc1-n1c2ccccc2c2ccccc21. The number of hydrogen-bond acceptors (Lipinski definition) is 2. The normalized spacial score (nSPS) is 12.4. The summed E-state index contributed by atoms with van der Waals surface area (Å²) in [5.41, 5.74) is 12.8. The van der Waals surface area contributed by atoms with Crippen molar-refractivity contribution in [3.63, 3.8) is 0 Å². The summed E-state index contributed by atoms with van der Waals surface area (Å²) >= 11 is 0. The largest absolute Gasteiger partial charge is 0.456 e. The molecule has 11 rings (SSSR count). The van der Waals surface area contributed by atoms with Crippen LogP contribution in [0.25, 0.3) is 98.9 Å². The Kier molecular flexibility index (Phi) is 4.95. The van der Waals surface area contributed by atoms with Gasteiger partial charge >= 0.3 is 0 Å². The van der Waals surface area contributed by atoms with Gasteiger partial charge in [0, 0.05) is 60.5 Å². The van der Waals surface area contributed by atoms with E-state index in [-0.39, 0.29) is 0 Å². The molecular weight excluding hydrogens is 588 g/mol. The number of benzene rings is 7. The van der Waals surface area contributed by atoms with E-state index < -0.39 is 0 Å². The first-order valence-corrected chi connectivity index (χ1v) is 16.4. The number of aromatic nitrogens is 2. The van der Waals surface area contributed by atoms with Gasteiger partial charge in [0.1, 0.15) is 22.3 Å². The monoisotopic (exact) mass is 616 g/mol. The van der Waals surface area contributed by atoms with Crippen LogP contribution in [0.1, 0.15) is 11.1 Å². The van der Waals surface area contributed by atoms with Crippen LogP contribution in [0.3, 0.4) is 0 Å². The summed E-state index contributed by atoms with van der Waals surface area (Å²) in [5, 5.41) is 9.38. The second-order valence-electron chi connectivity index (χ2n) is 13.1. The molecule has 4 heterocycles. The van der Waals surface area contributed by atoms with Gasteiger partial charge in [0.05, 0.1) is 22.1 Å². The fourth-order valence-corrected chi connectivity index (χ4v) is 8.16. The van der Waals surface area contributed by atoms with Crippen molar-refractivity contribution in [3.8, 4) is 11.4 Å². The van der Waals surface area contributed by atoms with Crippen LogP contribution in [0.5, 0.6) is 0 Å². The molecule has 0 aliphatic carbocycles. The molecule has 0 spiro atoms. The van der Waals surface area contributed by atoms with Crippen LogP contribution in [0.15, 0.2) is 142 Å². The Labute approximate surface area is 274 Å². The minimum Gasteiger partial charge on any atom is -0.456 e. The van der Waals surface area contributed by atoms with Gasteiger partial charge < -0.3 is 18.0 Å². The Morgan fingerprint density at radius 3 is 1.02 bits per heavy atom. The smallest absolute Gasteiger partial charge is 0.139 e. The molecule has 0 N–H and O–H groups in total. The summed E-state index contributed by atoms with van der Waals surface area (Å²) in [6.45, 7) is 4.34. The summed E-state index contributed by atoms with van der Waals surface area (Å²) in [6.07, 6.45) is 0. The van der Waals surface area contributed by atoms with Gasteiger partial charge in [-0.2, -0.15) is 0 Å². The van der Waals surface area contributed by atoms with E-state index in [1.807, 2.05) is 0 Å². The molecule has 4 heteroatoms. The van der Waals surface area contributed by atoms with Crippen LogP contribution in [-0.4, -0.2) is 9.13 Å². The first-order chi connectivity index (χ1) is 23.6. The lowest BCUT2D eigenvalue weighted by Crippen LogP contribution is -1.96. The van der Waals surface area contributed by atoms with E-state index in [1.165, 1.54) is 43.6 Å². The van der Waals surface area contributed by atoms with Crippen LogP contribution in [0, 0.1) is 13.8 Å². The highest BCUT2D eigenvalue weighted by atomic mass is 16.3. The fourth-order valence-electron chi connectivity index (χ4n) is 8.16. The number of para-hydroxylation sites is 4. The molecule has 4 aromatic heterocycles. The third-order valence-corrected chi connectivity index (χ3v) is 10.3. The highest BCUT2D eigenvalue weighted by molar-refractivity contribution is 6.17. The lowest BCUT2D eigenvalue weighted by atomic mass is 10.0. The van der Waals surface area contributed by atoms with Crippen LogP contribution >= 0.6 is 0 Å². The second kappa shape index (κ2) is 9.18. The molecule has 0 atom stereocenters. The molecule has 11 aromatic rings. The van der Waals surface area contributed by atoms with Gasteiger partial charge in [-0.1, -0.05) is 72.8 Å². The summed E-state index contributed by atoms with van der Waals surface area (Å²) < 4.78 is 17.8. The van der Waals surface area contributed by atoms with E-state index >= 15 is 0 Å². The standard InChI is InChI=1S/C44H28N2O2/c1-25-19-41-33(22-39(25)45-35-15-7-3-11-27(35)28-12-4-8-16-36(28)45)31-21-32-34-23-40(26(2)20-42(34)48-44(32)24-43(31)47-41)46-37-17-9-5-13-29(37)30-14-6-10-18-38(30)46/h3-24H,1-2H3. The molecule has 0 bridgehead atoms. The maximum absolute atomic E-state index is 6.51. The number of furan rings is 2. The van der Waals surface area contributed by atoms with Crippen molar-refractivity contribution < 1.29 is 8.83 Å². The van der Waals surface area contributed by atoms with E-state index in [4.69, 9.17) is 8.83 Å². The number of hydrogen-bond donors (Lipinski definition) is 0. The fraction of sp³-hybridized carbons (Fsp3) is 0.0455.